The molecule has 1 aromatic carbocycles. The largest absolute Gasteiger partial charge is 0.481 e. The van der Waals surface area contributed by atoms with Crippen LogP contribution in [-0.4, -0.2) is 35.9 Å². The van der Waals surface area contributed by atoms with Gasteiger partial charge in [0.05, 0.1) is 12.2 Å². The molecule has 1 aromatic rings. The molecule has 0 spiro atoms. The lowest BCUT2D eigenvalue weighted by molar-refractivity contribution is -0.137. The summed E-state index contributed by atoms with van der Waals surface area (Å²) in [7, 11) is 0. The lowest BCUT2D eigenvalue weighted by Crippen LogP contribution is -2.45. The number of ether oxygens (including phenoxy) is 1. The number of hydrazine groups is 1. The normalized spacial score (nSPS) is 25.9. The third kappa shape index (κ3) is 5.81. The van der Waals surface area contributed by atoms with Crippen LogP contribution in [-0.2, 0) is 9.53 Å². The molecule has 3 rings (SSSR count). The number of rotatable bonds is 10. The van der Waals surface area contributed by atoms with Gasteiger partial charge in [0.15, 0.2) is 0 Å². The number of carbonyl (C=O) groups is 2. The fourth-order valence-electron chi connectivity index (χ4n) is 4.16. The van der Waals surface area contributed by atoms with Crippen LogP contribution in [0.2, 0.25) is 0 Å². The summed E-state index contributed by atoms with van der Waals surface area (Å²) in [5.41, 5.74) is 6.50. The minimum atomic E-state index is -0.746. The minimum absolute atomic E-state index is 0.213. The van der Waals surface area contributed by atoms with E-state index < -0.39 is 5.97 Å². The van der Waals surface area contributed by atoms with Gasteiger partial charge in [-0.2, -0.15) is 0 Å². The summed E-state index contributed by atoms with van der Waals surface area (Å²) < 4.78 is 6.08. The average molecular weight is 387 g/mol. The van der Waals surface area contributed by atoms with Crippen molar-refractivity contribution in [2.45, 2.75) is 50.7 Å². The van der Waals surface area contributed by atoms with E-state index in [-0.39, 0.29) is 18.6 Å². The van der Waals surface area contributed by atoms with E-state index in [1.54, 1.807) is 0 Å². The summed E-state index contributed by atoms with van der Waals surface area (Å²) in [6.45, 7) is 0.668. The van der Waals surface area contributed by atoms with E-state index in [0.29, 0.717) is 30.9 Å². The molecule has 7 nitrogen and oxygen atoms in total. The number of allylic oxidation sites excluding steroid dienone is 2. The van der Waals surface area contributed by atoms with E-state index in [4.69, 9.17) is 9.84 Å². The van der Waals surface area contributed by atoms with E-state index in [1.807, 2.05) is 30.3 Å². The molecule has 4 N–H and O–H groups in total. The number of aliphatic carboxylic acids is 1. The lowest BCUT2D eigenvalue weighted by atomic mass is 9.77. The highest BCUT2D eigenvalue weighted by atomic mass is 16.5. The zero-order chi connectivity index (χ0) is 19.8. The van der Waals surface area contributed by atoms with Crippen LogP contribution in [0.5, 0.6) is 0 Å². The summed E-state index contributed by atoms with van der Waals surface area (Å²) in [4.78, 5) is 22.5. The number of para-hydroxylation sites is 1. The molecule has 152 valence electrons. The Balaban J connectivity index is 1.40. The smallest absolute Gasteiger partial charge is 0.333 e. The summed E-state index contributed by atoms with van der Waals surface area (Å²) >= 11 is 0. The van der Waals surface area contributed by atoms with Gasteiger partial charge in [-0.1, -0.05) is 30.4 Å². The van der Waals surface area contributed by atoms with Crippen LogP contribution in [0.4, 0.5) is 10.5 Å². The topological polar surface area (TPSA) is 99.7 Å². The van der Waals surface area contributed by atoms with Crippen molar-refractivity contribution in [2.75, 3.05) is 11.9 Å². The first-order valence-corrected chi connectivity index (χ1v) is 10.0. The second-order valence-corrected chi connectivity index (χ2v) is 7.44. The highest BCUT2D eigenvalue weighted by Crippen LogP contribution is 2.44. The molecular weight excluding hydrogens is 358 g/mol. The Morgan fingerprint density at radius 2 is 1.86 bits per heavy atom. The van der Waals surface area contributed by atoms with Crippen LogP contribution in [0.1, 0.15) is 38.5 Å². The number of carboxylic acid groups (broad SMARTS) is 1. The first-order valence-electron chi connectivity index (χ1n) is 10.0. The van der Waals surface area contributed by atoms with Crippen LogP contribution in [0.25, 0.3) is 0 Å². The molecule has 0 aliphatic carbocycles. The van der Waals surface area contributed by atoms with Crippen molar-refractivity contribution in [1.82, 2.24) is 10.9 Å². The second kappa shape index (κ2) is 10.2. The number of carbonyl (C=O) groups excluding carboxylic acids is 1. The molecule has 0 aromatic heterocycles. The first kappa shape index (κ1) is 20.4. The minimum Gasteiger partial charge on any atom is -0.481 e. The third-order valence-corrected chi connectivity index (χ3v) is 5.50. The van der Waals surface area contributed by atoms with Gasteiger partial charge >= 0.3 is 12.0 Å². The maximum atomic E-state index is 12.0. The number of unbranched alkanes of at least 4 members (excludes halogenated alkanes) is 1. The molecule has 2 unspecified atom stereocenters. The molecule has 2 fully saturated rings. The van der Waals surface area contributed by atoms with Crippen LogP contribution in [0, 0.1) is 11.8 Å². The van der Waals surface area contributed by atoms with Crippen LogP contribution >= 0.6 is 0 Å². The molecule has 2 aliphatic heterocycles. The first-order chi connectivity index (χ1) is 13.6. The highest BCUT2D eigenvalue weighted by molar-refractivity contribution is 5.88. The molecule has 4 atom stereocenters. The van der Waals surface area contributed by atoms with Gasteiger partial charge < -0.3 is 15.2 Å². The Hall–Kier alpha value is -2.38. The number of hydrogen-bond acceptors (Lipinski definition) is 4. The maximum absolute atomic E-state index is 12.0. The van der Waals surface area contributed by atoms with Crippen molar-refractivity contribution >= 4 is 17.7 Å². The second-order valence-electron chi connectivity index (χ2n) is 7.44. The standard InChI is InChI=1S/C21H29N3O4/c25-20(26)11-7-2-1-6-10-16-17(19-13-12-18(16)28-19)14-22-24-21(27)23-15-8-4-3-5-9-15/h1,3-6,8-9,16-19,22H,2,7,10-14H2,(H,25,26)(H2,23,24,27)/b6-1-/t16-,17-,18?,19?/m1/s1. The van der Waals surface area contributed by atoms with E-state index in [9.17, 15) is 9.59 Å². The fraction of sp³-hybridized carbons (Fsp3) is 0.524. The third-order valence-electron chi connectivity index (χ3n) is 5.50. The van der Waals surface area contributed by atoms with Crippen molar-refractivity contribution in [3.05, 3.63) is 42.5 Å². The van der Waals surface area contributed by atoms with Crippen molar-refractivity contribution in [3.63, 3.8) is 0 Å². The number of hydrogen-bond donors (Lipinski definition) is 4. The Labute approximate surface area is 165 Å². The molecule has 28 heavy (non-hydrogen) atoms. The molecule has 0 saturated carbocycles. The van der Waals surface area contributed by atoms with Crippen LogP contribution < -0.4 is 16.2 Å². The summed E-state index contributed by atoms with van der Waals surface area (Å²) in [6, 6.07) is 9.03. The number of fused-ring (bicyclic) bond motifs is 2. The van der Waals surface area contributed by atoms with E-state index >= 15 is 0 Å². The van der Waals surface area contributed by atoms with Gasteiger partial charge in [-0.15, -0.1) is 0 Å². The van der Waals surface area contributed by atoms with E-state index in [2.05, 4.69) is 28.3 Å². The predicted octanol–water partition coefficient (Wildman–Crippen LogP) is 3.31. The van der Waals surface area contributed by atoms with Gasteiger partial charge in [0.25, 0.3) is 0 Å². The number of benzene rings is 1. The van der Waals surface area contributed by atoms with Gasteiger partial charge in [-0.05, 0) is 50.2 Å². The predicted molar refractivity (Wildman–Crippen MR) is 107 cm³/mol. The molecule has 2 aliphatic rings. The van der Waals surface area contributed by atoms with Gasteiger partial charge in [-0.3, -0.25) is 10.2 Å². The van der Waals surface area contributed by atoms with Gasteiger partial charge in [0.1, 0.15) is 0 Å². The van der Waals surface area contributed by atoms with E-state index in [0.717, 1.165) is 31.4 Å². The van der Waals surface area contributed by atoms with Crippen molar-refractivity contribution in [2.24, 2.45) is 11.8 Å². The number of amides is 2. The van der Waals surface area contributed by atoms with Crippen molar-refractivity contribution in [3.8, 4) is 0 Å². The quantitative estimate of drug-likeness (QED) is 0.280. The number of anilines is 1. The van der Waals surface area contributed by atoms with Crippen molar-refractivity contribution < 1.29 is 19.4 Å². The molecule has 0 radical (unpaired) electrons. The van der Waals surface area contributed by atoms with Crippen LogP contribution in [0.3, 0.4) is 0 Å². The molecule has 2 heterocycles. The van der Waals surface area contributed by atoms with Crippen LogP contribution in [0.15, 0.2) is 42.5 Å². The summed E-state index contributed by atoms with van der Waals surface area (Å²) in [6.07, 6.45) is 9.54. The maximum Gasteiger partial charge on any atom is 0.333 e. The molecule has 2 saturated heterocycles. The molecule has 2 amide bonds. The number of nitrogens with one attached hydrogen (secondary N) is 3. The average Bonchev–Trinajstić information content (AvgIpc) is 3.27. The zero-order valence-electron chi connectivity index (χ0n) is 16.0. The van der Waals surface area contributed by atoms with Gasteiger partial charge in [0.2, 0.25) is 0 Å². The summed E-state index contributed by atoms with van der Waals surface area (Å²) in [5.74, 6) is 0.0465. The monoisotopic (exact) mass is 387 g/mol. The molecular formula is C21H29N3O4. The summed E-state index contributed by atoms with van der Waals surface area (Å²) in [5, 5.41) is 11.4. The lowest BCUT2D eigenvalue weighted by Gasteiger charge is -2.27. The number of carboxylic acids is 1. The van der Waals surface area contributed by atoms with Gasteiger partial charge in [-0.25, -0.2) is 10.2 Å². The van der Waals surface area contributed by atoms with Gasteiger partial charge in [0, 0.05) is 24.6 Å². The Morgan fingerprint density at radius 3 is 2.61 bits per heavy atom. The zero-order valence-corrected chi connectivity index (χ0v) is 16.0. The molecule has 2 bridgehead atoms. The number of urea groups is 1. The van der Waals surface area contributed by atoms with Crippen molar-refractivity contribution in [1.29, 1.82) is 0 Å². The Bertz CT molecular complexity index is 679. The Kier molecular flexibility index (Phi) is 7.45. The SMILES string of the molecule is O=C(O)CCC/C=C\C[C@H]1C2CCC(O2)[C@@H]1CNNC(=O)Nc1ccccc1. The highest BCUT2D eigenvalue weighted by Gasteiger charge is 2.47. The van der Waals surface area contributed by atoms with E-state index in [1.165, 1.54) is 0 Å². The molecule has 7 heteroatoms. The Morgan fingerprint density at radius 1 is 1.11 bits per heavy atom. The fourth-order valence-corrected chi connectivity index (χ4v) is 4.16.